The van der Waals surface area contributed by atoms with Crippen LogP contribution in [0.25, 0.3) is 11.1 Å². The average molecular weight is 447 g/mol. The zero-order valence-corrected chi connectivity index (χ0v) is 16.2. The van der Waals surface area contributed by atoms with E-state index in [-0.39, 0.29) is 39.2 Å². The van der Waals surface area contributed by atoms with Gasteiger partial charge in [-0.3, -0.25) is 10.1 Å². The third-order valence-corrected chi connectivity index (χ3v) is 4.39. The van der Waals surface area contributed by atoms with E-state index < -0.39 is 20.4 Å². The zero-order chi connectivity index (χ0) is 18.9. The summed E-state index contributed by atoms with van der Waals surface area (Å²) in [6.45, 7) is 1.66. The number of aromatic nitrogens is 1. The van der Waals surface area contributed by atoms with Crippen molar-refractivity contribution in [3.63, 3.8) is 0 Å². The second-order valence-electron chi connectivity index (χ2n) is 4.68. The van der Waals surface area contributed by atoms with Crippen molar-refractivity contribution in [2.45, 2.75) is 10.7 Å². The van der Waals surface area contributed by atoms with Gasteiger partial charge in [-0.2, -0.15) is 0 Å². The lowest BCUT2D eigenvalue weighted by Crippen LogP contribution is -2.08. The molecular formula is C14H9Cl5N2O4. The van der Waals surface area contributed by atoms with Gasteiger partial charge in [0.2, 0.25) is 3.79 Å². The molecule has 0 radical (unpaired) electrons. The second kappa shape index (κ2) is 7.60. The molecule has 0 saturated heterocycles. The average Bonchev–Trinajstić information content (AvgIpc) is 2.84. The number of aromatic amines is 1. The highest BCUT2D eigenvalue weighted by Crippen LogP contribution is 2.48. The van der Waals surface area contributed by atoms with E-state index in [1.54, 1.807) is 6.92 Å². The van der Waals surface area contributed by atoms with Crippen molar-refractivity contribution >= 4 is 69.7 Å². The minimum absolute atomic E-state index is 0.0118. The molecule has 134 valence electrons. The fourth-order valence-electron chi connectivity index (χ4n) is 2.18. The fraction of sp³-hybridized carbons (Fsp3) is 0.214. The summed E-state index contributed by atoms with van der Waals surface area (Å²) in [5, 5.41) is 11.1. The van der Waals surface area contributed by atoms with Gasteiger partial charge < -0.3 is 9.72 Å². The Bertz CT molecular complexity index is 844. The highest BCUT2D eigenvalue weighted by molar-refractivity contribution is 6.67. The van der Waals surface area contributed by atoms with Crippen molar-refractivity contribution in [1.82, 2.24) is 4.98 Å². The van der Waals surface area contributed by atoms with Crippen molar-refractivity contribution in [2.24, 2.45) is 0 Å². The number of carbonyl (C=O) groups excluding carboxylic acids is 1. The van der Waals surface area contributed by atoms with E-state index in [0.29, 0.717) is 0 Å². The Hall–Kier alpha value is -1.18. The lowest BCUT2D eigenvalue weighted by atomic mass is 10.0. The highest BCUT2D eigenvalue weighted by atomic mass is 35.6. The molecule has 1 aromatic heterocycles. The Labute approximate surface area is 167 Å². The topological polar surface area (TPSA) is 85.2 Å². The van der Waals surface area contributed by atoms with Gasteiger partial charge >= 0.3 is 5.97 Å². The van der Waals surface area contributed by atoms with Crippen molar-refractivity contribution in [3.05, 3.63) is 49.7 Å². The van der Waals surface area contributed by atoms with Gasteiger partial charge in [0.05, 0.1) is 27.8 Å². The van der Waals surface area contributed by atoms with Crippen LogP contribution < -0.4 is 0 Å². The molecule has 0 aliphatic carbocycles. The van der Waals surface area contributed by atoms with Crippen LogP contribution in [0.2, 0.25) is 10.0 Å². The SMILES string of the molecule is CCOC(=O)c1[nH]c(C(Cl)(Cl)Cl)c(Cl)c1-c1cccc(Cl)c1[N+](=O)[O-]. The van der Waals surface area contributed by atoms with E-state index in [9.17, 15) is 14.9 Å². The molecular weight excluding hydrogens is 437 g/mol. The fourth-order valence-corrected chi connectivity index (χ4v) is 3.38. The summed E-state index contributed by atoms with van der Waals surface area (Å²) in [5.41, 5.74) is -0.783. The van der Waals surface area contributed by atoms with E-state index in [4.69, 9.17) is 62.7 Å². The lowest BCUT2D eigenvalue weighted by Gasteiger charge is -2.09. The second-order valence-corrected chi connectivity index (χ2v) is 7.74. The van der Waals surface area contributed by atoms with Crippen LogP contribution >= 0.6 is 58.0 Å². The number of nitro benzene ring substituents is 1. The van der Waals surface area contributed by atoms with Crippen LogP contribution in [0.5, 0.6) is 0 Å². The quantitative estimate of drug-likeness (QED) is 0.274. The van der Waals surface area contributed by atoms with Crippen molar-refractivity contribution in [1.29, 1.82) is 0 Å². The molecule has 0 spiro atoms. The number of carbonyl (C=O) groups is 1. The maximum absolute atomic E-state index is 12.3. The van der Waals surface area contributed by atoms with Gasteiger partial charge in [-0.15, -0.1) is 0 Å². The number of ether oxygens (including phenoxy) is 1. The summed E-state index contributed by atoms with van der Waals surface area (Å²) >= 11 is 29.8. The first kappa shape index (κ1) is 20.1. The van der Waals surface area contributed by atoms with Crippen molar-refractivity contribution in [3.8, 4) is 11.1 Å². The molecule has 0 bridgehead atoms. The predicted molar refractivity (Wildman–Crippen MR) is 98.1 cm³/mol. The molecule has 0 amide bonds. The number of benzene rings is 1. The number of nitro groups is 1. The van der Waals surface area contributed by atoms with Crippen LogP contribution in [-0.2, 0) is 8.53 Å². The number of nitrogens with one attached hydrogen (secondary N) is 1. The van der Waals surface area contributed by atoms with Crippen LogP contribution in [-0.4, -0.2) is 22.5 Å². The maximum atomic E-state index is 12.3. The number of alkyl halides is 3. The first-order valence-electron chi connectivity index (χ1n) is 6.68. The molecule has 11 heteroatoms. The van der Waals surface area contributed by atoms with Crippen molar-refractivity contribution in [2.75, 3.05) is 6.61 Å². The summed E-state index contributed by atoms with van der Waals surface area (Å²) in [7, 11) is 0. The number of esters is 1. The van der Waals surface area contributed by atoms with Crippen LogP contribution in [0.3, 0.4) is 0 Å². The van der Waals surface area contributed by atoms with Gasteiger partial charge in [0, 0.05) is 5.56 Å². The molecule has 0 fully saturated rings. The normalized spacial score (nSPS) is 11.4. The van der Waals surface area contributed by atoms with Crippen LogP contribution in [0.1, 0.15) is 23.1 Å². The number of para-hydroxylation sites is 1. The Morgan fingerprint density at radius 1 is 1.32 bits per heavy atom. The van der Waals surface area contributed by atoms with Crippen LogP contribution in [0, 0.1) is 10.1 Å². The first-order valence-corrected chi connectivity index (χ1v) is 8.57. The molecule has 0 atom stereocenters. The van der Waals surface area contributed by atoms with Gasteiger partial charge in [0.25, 0.3) is 5.69 Å². The van der Waals surface area contributed by atoms with Gasteiger partial charge in [0.15, 0.2) is 0 Å². The number of halogens is 5. The molecule has 6 nitrogen and oxygen atoms in total. The van der Waals surface area contributed by atoms with E-state index >= 15 is 0 Å². The minimum Gasteiger partial charge on any atom is -0.461 e. The first-order chi connectivity index (χ1) is 11.6. The molecule has 2 rings (SSSR count). The Balaban J connectivity index is 2.86. The standard InChI is InChI=1S/C14H9Cl5N2O4/c1-2-25-13(22)10-8(9(16)12(20-10)14(17,18)19)6-4-3-5-7(15)11(6)21(23)24/h3-5,20H,2H2,1H3. The Morgan fingerprint density at radius 2 is 1.96 bits per heavy atom. The smallest absolute Gasteiger partial charge is 0.355 e. The van der Waals surface area contributed by atoms with E-state index in [1.165, 1.54) is 18.2 Å². The minimum atomic E-state index is -2.00. The molecule has 0 aliphatic heterocycles. The number of rotatable bonds is 4. The summed E-state index contributed by atoms with van der Waals surface area (Å²) in [6, 6.07) is 4.19. The summed E-state index contributed by atoms with van der Waals surface area (Å²) in [6.07, 6.45) is 0. The Kier molecular flexibility index (Phi) is 6.12. The molecule has 1 aromatic carbocycles. The van der Waals surface area contributed by atoms with E-state index in [2.05, 4.69) is 4.98 Å². The van der Waals surface area contributed by atoms with Gasteiger partial charge in [-0.25, -0.2) is 4.79 Å². The number of hydrogen-bond acceptors (Lipinski definition) is 4. The number of H-pyrrole nitrogens is 1. The van der Waals surface area contributed by atoms with Crippen LogP contribution in [0.15, 0.2) is 18.2 Å². The van der Waals surface area contributed by atoms with Gasteiger partial charge in [-0.05, 0) is 19.1 Å². The van der Waals surface area contributed by atoms with E-state index in [1.807, 2.05) is 0 Å². The molecule has 25 heavy (non-hydrogen) atoms. The summed E-state index contributed by atoms with van der Waals surface area (Å²) < 4.78 is 2.94. The molecule has 1 N–H and O–H groups in total. The Morgan fingerprint density at radius 3 is 2.48 bits per heavy atom. The van der Waals surface area contributed by atoms with E-state index in [0.717, 1.165) is 0 Å². The summed E-state index contributed by atoms with van der Waals surface area (Å²) in [4.78, 5) is 25.6. The molecule has 2 aromatic rings. The lowest BCUT2D eigenvalue weighted by molar-refractivity contribution is -0.384. The monoisotopic (exact) mass is 444 g/mol. The van der Waals surface area contributed by atoms with Crippen molar-refractivity contribution < 1.29 is 14.5 Å². The largest absolute Gasteiger partial charge is 0.461 e. The predicted octanol–water partition coefficient (Wildman–Crippen LogP) is 5.90. The molecule has 0 unspecified atom stereocenters. The molecule has 0 saturated carbocycles. The third kappa shape index (κ3) is 3.99. The van der Waals surface area contributed by atoms with Gasteiger partial charge in [-0.1, -0.05) is 64.1 Å². The maximum Gasteiger partial charge on any atom is 0.355 e. The highest BCUT2D eigenvalue weighted by Gasteiger charge is 2.36. The third-order valence-electron chi connectivity index (χ3n) is 3.14. The number of hydrogen-bond donors (Lipinski definition) is 1. The van der Waals surface area contributed by atoms with Crippen LogP contribution in [0.4, 0.5) is 5.69 Å². The zero-order valence-electron chi connectivity index (χ0n) is 12.4. The molecule has 1 heterocycles. The molecule has 0 aliphatic rings. The van der Waals surface area contributed by atoms with Gasteiger partial charge in [0.1, 0.15) is 10.7 Å². The summed E-state index contributed by atoms with van der Waals surface area (Å²) in [5.74, 6) is -0.811. The number of nitrogens with zero attached hydrogens (tertiary/aromatic N) is 1.